The van der Waals surface area contributed by atoms with Crippen LogP contribution in [-0.2, 0) is 16.1 Å². The monoisotopic (exact) mass is 412 g/mol. The van der Waals surface area contributed by atoms with Crippen LogP contribution in [0.2, 0.25) is 0 Å². The van der Waals surface area contributed by atoms with Crippen molar-refractivity contribution in [3.05, 3.63) is 59.1 Å². The predicted molar refractivity (Wildman–Crippen MR) is 113 cm³/mol. The lowest BCUT2D eigenvalue weighted by molar-refractivity contribution is -0.132. The van der Waals surface area contributed by atoms with Crippen molar-refractivity contribution >= 4 is 33.4 Å². The third-order valence-electron chi connectivity index (χ3n) is 4.32. The van der Waals surface area contributed by atoms with E-state index in [1.54, 1.807) is 47.5 Å². The highest BCUT2D eigenvalue weighted by atomic mass is 32.1. The Hall–Kier alpha value is -2.93. The summed E-state index contributed by atoms with van der Waals surface area (Å²) in [6, 6.07) is 14.5. The quantitative estimate of drug-likeness (QED) is 0.387. The SMILES string of the molecule is CCCCOC(=O)c1ccc(OCC(=O)N(C)Cc2nc3ccccc3s2)cc1. The highest BCUT2D eigenvalue weighted by Gasteiger charge is 2.13. The van der Waals surface area contributed by atoms with E-state index in [2.05, 4.69) is 4.98 Å². The molecule has 3 aromatic rings. The van der Waals surface area contributed by atoms with Crippen LogP contribution in [0.3, 0.4) is 0 Å². The zero-order valence-electron chi connectivity index (χ0n) is 16.6. The molecule has 0 aliphatic heterocycles. The van der Waals surface area contributed by atoms with Gasteiger partial charge < -0.3 is 14.4 Å². The normalized spacial score (nSPS) is 10.7. The molecule has 6 nitrogen and oxygen atoms in total. The van der Waals surface area contributed by atoms with Gasteiger partial charge in [-0.05, 0) is 42.8 Å². The zero-order valence-corrected chi connectivity index (χ0v) is 17.4. The minimum Gasteiger partial charge on any atom is -0.484 e. The molecule has 1 amide bonds. The van der Waals surface area contributed by atoms with Crippen molar-refractivity contribution in [2.45, 2.75) is 26.3 Å². The largest absolute Gasteiger partial charge is 0.484 e. The zero-order chi connectivity index (χ0) is 20.6. The Morgan fingerprint density at radius 1 is 1.10 bits per heavy atom. The minimum absolute atomic E-state index is 0.0817. The van der Waals surface area contributed by atoms with Gasteiger partial charge in [-0.15, -0.1) is 11.3 Å². The van der Waals surface area contributed by atoms with Crippen LogP contribution >= 0.6 is 11.3 Å². The van der Waals surface area contributed by atoms with Crippen LogP contribution in [0.5, 0.6) is 5.75 Å². The number of unbranched alkanes of at least 4 members (excludes halogenated alkanes) is 1. The van der Waals surface area contributed by atoms with Crippen LogP contribution in [0, 0.1) is 0 Å². The molecule has 0 bridgehead atoms. The molecular weight excluding hydrogens is 388 g/mol. The van der Waals surface area contributed by atoms with Gasteiger partial charge in [0, 0.05) is 7.05 Å². The van der Waals surface area contributed by atoms with Crippen LogP contribution in [0.1, 0.15) is 35.1 Å². The summed E-state index contributed by atoms with van der Waals surface area (Å²) in [6.45, 7) is 2.81. The average molecular weight is 413 g/mol. The number of para-hydroxylation sites is 1. The predicted octanol–water partition coefficient (Wildman–Crippen LogP) is 4.29. The first-order valence-electron chi connectivity index (χ1n) is 9.55. The number of nitrogens with zero attached hydrogens (tertiary/aromatic N) is 2. The summed E-state index contributed by atoms with van der Waals surface area (Å²) in [4.78, 5) is 30.4. The highest BCUT2D eigenvalue weighted by molar-refractivity contribution is 7.18. The lowest BCUT2D eigenvalue weighted by Crippen LogP contribution is -2.30. The Kier molecular flexibility index (Phi) is 7.19. The minimum atomic E-state index is -0.350. The smallest absolute Gasteiger partial charge is 0.338 e. The summed E-state index contributed by atoms with van der Waals surface area (Å²) in [5.74, 6) is 0.0285. The van der Waals surface area contributed by atoms with Crippen molar-refractivity contribution in [1.82, 2.24) is 9.88 Å². The first-order chi connectivity index (χ1) is 14.1. The number of thiazole rings is 1. The van der Waals surface area contributed by atoms with Crippen molar-refractivity contribution in [2.75, 3.05) is 20.3 Å². The Labute approximate surface area is 174 Å². The Morgan fingerprint density at radius 3 is 2.59 bits per heavy atom. The number of ether oxygens (including phenoxy) is 2. The highest BCUT2D eigenvalue weighted by Crippen LogP contribution is 2.22. The number of esters is 1. The number of likely N-dealkylation sites (N-methyl/N-ethyl adjacent to an activating group) is 1. The van der Waals surface area contributed by atoms with Crippen molar-refractivity contribution in [2.24, 2.45) is 0 Å². The number of fused-ring (bicyclic) bond motifs is 1. The molecule has 0 aliphatic carbocycles. The van der Waals surface area contributed by atoms with E-state index in [0.717, 1.165) is 28.1 Å². The molecule has 7 heteroatoms. The summed E-state index contributed by atoms with van der Waals surface area (Å²) < 4.78 is 11.8. The van der Waals surface area contributed by atoms with E-state index in [-0.39, 0.29) is 18.5 Å². The summed E-state index contributed by atoms with van der Waals surface area (Å²) in [5, 5.41) is 0.882. The second kappa shape index (κ2) is 10.0. The second-order valence-corrected chi connectivity index (χ2v) is 7.74. The van der Waals surface area contributed by atoms with Crippen molar-refractivity contribution in [1.29, 1.82) is 0 Å². The fraction of sp³-hybridized carbons (Fsp3) is 0.318. The lowest BCUT2D eigenvalue weighted by Gasteiger charge is -2.16. The van der Waals surface area contributed by atoms with Gasteiger partial charge in [0.2, 0.25) is 0 Å². The number of carbonyl (C=O) groups is 2. The van der Waals surface area contributed by atoms with Gasteiger partial charge in [0.25, 0.3) is 5.91 Å². The Morgan fingerprint density at radius 2 is 1.86 bits per heavy atom. The molecule has 0 saturated carbocycles. The molecule has 0 aliphatic rings. The van der Waals surface area contributed by atoms with Crippen LogP contribution < -0.4 is 4.74 Å². The van der Waals surface area contributed by atoms with Gasteiger partial charge in [0.1, 0.15) is 10.8 Å². The van der Waals surface area contributed by atoms with Gasteiger partial charge in [-0.1, -0.05) is 25.5 Å². The van der Waals surface area contributed by atoms with Crippen LogP contribution in [-0.4, -0.2) is 42.0 Å². The number of carbonyl (C=O) groups excluding carboxylic acids is 2. The molecular formula is C22H24N2O4S. The van der Waals surface area contributed by atoms with E-state index < -0.39 is 0 Å². The number of benzene rings is 2. The molecule has 1 heterocycles. The van der Waals surface area contributed by atoms with Crippen LogP contribution in [0.25, 0.3) is 10.2 Å². The summed E-state index contributed by atoms with van der Waals surface area (Å²) >= 11 is 1.58. The van der Waals surface area contributed by atoms with Crippen LogP contribution in [0.15, 0.2) is 48.5 Å². The molecule has 2 aromatic carbocycles. The van der Waals surface area contributed by atoms with Gasteiger partial charge in [0.05, 0.1) is 28.9 Å². The maximum atomic E-state index is 12.4. The van der Waals surface area contributed by atoms with E-state index in [0.29, 0.717) is 24.5 Å². The number of hydrogen-bond donors (Lipinski definition) is 0. The molecule has 0 saturated heterocycles. The van der Waals surface area contributed by atoms with Gasteiger partial charge in [0.15, 0.2) is 6.61 Å². The molecule has 29 heavy (non-hydrogen) atoms. The van der Waals surface area contributed by atoms with Crippen LogP contribution in [0.4, 0.5) is 0 Å². The van der Waals surface area contributed by atoms with Crippen molar-refractivity contribution < 1.29 is 19.1 Å². The molecule has 0 radical (unpaired) electrons. The first kappa shape index (κ1) is 20.8. The van der Waals surface area contributed by atoms with Crippen molar-refractivity contribution in [3.8, 4) is 5.75 Å². The van der Waals surface area contributed by atoms with Gasteiger partial charge in [-0.2, -0.15) is 0 Å². The molecule has 0 N–H and O–H groups in total. The number of aromatic nitrogens is 1. The van der Waals surface area contributed by atoms with E-state index >= 15 is 0 Å². The third kappa shape index (κ3) is 5.77. The summed E-state index contributed by atoms with van der Waals surface area (Å²) in [6.07, 6.45) is 1.82. The topological polar surface area (TPSA) is 68.7 Å². The average Bonchev–Trinajstić information content (AvgIpc) is 3.14. The van der Waals surface area contributed by atoms with E-state index in [9.17, 15) is 9.59 Å². The van der Waals surface area contributed by atoms with Gasteiger partial charge >= 0.3 is 5.97 Å². The molecule has 0 fully saturated rings. The lowest BCUT2D eigenvalue weighted by atomic mass is 10.2. The molecule has 0 unspecified atom stereocenters. The molecule has 3 rings (SSSR count). The standard InChI is InChI=1S/C22H24N2O4S/c1-3-4-13-27-22(26)16-9-11-17(12-10-16)28-15-21(25)24(2)14-20-23-18-7-5-6-8-19(18)29-20/h5-12H,3-4,13-15H2,1-2H3. The first-order valence-corrected chi connectivity index (χ1v) is 10.4. The Balaban J connectivity index is 1.48. The number of amides is 1. The van der Waals surface area contributed by atoms with E-state index in [1.165, 1.54) is 0 Å². The van der Waals surface area contributed by atoms with Crippen molar-refractivity contribution in [3.63, 3.8) is 0 Å². The fourth-order valence-electron chi connectivity index (χ4n) is 2.61. The molecule has 0 spiro atoms. The Bertz CT molecular complexity index is 935. The van der Waals surface area contributed by atoms with E-state index in [1.807, 2.05) is 31.2 Å². The molecule has 152 valence electrons. The van der Waals surface area contributed by atoms with E-state index in [4.69, 9.17) is 9.47 Å². The fourth-order valence-corrected chi connectivity index (χ4v) is 3.63. The molecule has 0 atom stereocenters. The number of rotatable bonds is 9. The van der Waals surface area contributed by atoms with Gasteiger partial charge in [-0.3, -0.25) is 4.79 Å². The maximum absolute atomic E-state index is 12.4. The molecule has 1 aromatic heterocycles. The second-order valence-electron chi connectivity index (χ2n) is 6.63. The number of hydrogen-bond acceptors (Lipinski definition) is 6. The summed E-state index contributed by atoms with van der Waals surface area (Å²) in [5.41, 5.74) is 1.41. The van der Waals surface area contributed by atoms with Gasteiger partial charge in [-0.25, -0.2) is 9.78 Å². The summed E-state index contributed by atoms with van der Waals surface area (Å²) in [7, 11) is 1.73. The third-order valence-corrected chi connectivity index (χ3v) is 5.34. The maximum Gasteiger partial charge on any atom is 0.338 e.